The summed E-state index contributed by atoms with van der Waals surface area (Å²) in [6, 6.07) is 15.1. The number of nitriles is 1. The molecule has 4 N–H and O–H groups in total. The second-order valence-corrected chi connectivity index (χ2v) is 8.66. The Morgan fingerprint density at radius 2 is 1.94 bits per heavy atom. The van der Waals surface area contributed by atoms with Crippen molar-refractivity contribution in [2.75, 3.05) is 23.0 Å². The zero-order valence-corrected chi connectivity index (χ0v) is 20.8. The molecule has 0 atom stereocenters. The molecule has 0 aliphatic rings. The van der Waals surface area contributed by atoms with Gasteiger partial charge in [-0.25, -0.2) is 14.8 Å². The lowest BCUT2D eigenvalue weighted by Crippen LogP contribution is -2.26. The molecule has 0 fully saturated rings. The van der Waals surface area contributed by atoms with Crippen LogP contribution in [0.15, 0.2) is 59.7 Å². The third kappa shape index (κ3) is 6.58. The minimum Gasteiger partial charge on any atom is -0.449 e. The maximum atomic E-state index is 13.6. The summed E-state index contributed by atoms with van der Waals surface area (Å²) in [6.45, 7) is 5.72. The van der Waals surface area contributed by atoms with E-state index in [4.69, 9.17) is 22.1 Å². The number of anilines is 3. The number of hydrogen-bond acceptors (Lipinski definition) is 7. The van der Waals surface area contributed by atoms with E-state index in [-0.39, 0.29) is 40.5 Å². The van der Waals surface area contributed by atoms with Gasteiger partial charge < -0.3 is 15.8 Å². The quantitative estimate of drug-likeness (QED) is 0.288. The first-order valence-electron chi connectivity index (χ1n) is 11.0. The molecule has 2 amide bonds. The monoisotopic (exact) mass is 504 g/mol. The highest BCUT2D eigenvalue weighted by Gasteiger charge is 2.21. The van der Waals surface area contributed by atoms with Gasteiger partial charge in [0.05, 0.1) is 34.6 Å². The first kappa shape index (κ1) is 26.2. The highest BCUT2D eigenvalue weighted by molar-refractivity contribution is 6.50. The summed E-state index contributed by atoms with van der Waals surface area (Å²) in [4.78, 5) is 34.5. The van der Waals surface area contributed by atoms with E-state index < -0.39 is 12.0 Å². The van der Waals surface area contributed by atoms with Crippen molar-refractivity contribution in [1.82, 2.24) is 4.98 Å². The van der Waals surface area contributed by atoms with Crippen LogP contribution in [0.25, 0.3) is 0 Å². The van der Waals surface area contributed by atoms with E-state index in [1.165, 1.54) is 12.3 Å². The van der Waals surface area contributed by atoms with Crippen LogP contribution >= 0.6 is 11.6 Å². The Balaban J connectivity index is 2.04. The van der Waals surface area contributed by atoms with Gasteiger partial charge in [-0.05, 0) is 48.7 Å². The molecule has 3 rings (SSSR count). The maximum Gasteiger partial charge on any atom is 0.411 e. The van der Waals surface area contributed by atoms with E-state index in [0.717, 1.165) is 0 Å². The second-order valence-electron chi connectivity index (χ2n) is 8.26. The van der Waals surface area contributed by atoms with E-state index >= 15 is 0 Å². The first-order chi connectivity index (χ1) is 17.2. The molecule has 2 aromatic carbocycles. The highest BCUT2D eigenvalue weighted by atomic mass is 35.5. The Hall–Kier alpha value is -4.42. The van der Waals surface area contributed by atoms with Gasteiger partial charge in [0, 0.05) is 17.4 Å². The summed E-state index contributed by atoms with van der Waals surface area (Å²) >= 11 is 6.23. The minimum atomic E-state index is -0.713. The number of nitrogens with one attached hydrogen (secondary N) is 2. The molecule has 184 valence electrons. The predicted molar refractivity (Wildman–Crippen MR) is 141 cm³/mol. The number of benzene rings is 2. The fourth-order valence-corrected chi connectivity index (χ4v) is 3.35. The van der Waals surface area contributed by atoms with Crippen LogP contribution in [0.3, 0.4) is 0 Å². The molecule has 0 aliphatic carbocycles. The van der Waals surface area contributed by atoms with E-state index in [9.17, 15) is 14.9 Å². The van der Waals surface area contributed by atoms with Crippen LogP contribution in [0.4, 0.5) is 27.7 Å². The average Bonchev–Trinajstić information content (AvgIpc) is 2.84. The lowest BCUT2D eigenvalue weighted by Gasteiger charge is -2.17. The third-order valence-electron chi connectivity index (χ3n) is 4.88. The highest BCUT2D eigenvalue weighted by Crippen LogP contribution is 2.29. The van der Waals surface area contributed by atoms with Gasteiger partial charge in [-0.2, -0.15) is 5.26 Å². The van der Waals surface area contributed by atoms with Gasteiger partial charge in [0.25, 0.3) is 5.91 Å². The zero-order chi connectivity index (χ0) is 26.2. The van der Waals surface area contributed by atoms with Gasteiger partial charge in [-0.15, -0.1) is 0 Å². The largest absolute Gasteiger partial charge is 0.449 e. The number of aliphatic imine (C=N–C) groups is 1. The Morgan fingerprint density at radius 1 is 1.19 bits per heavy atom. The maximum absolute atomic E-state index is 13.6. The summed E-state index contributed by atoms with van der Waals surface area (Å²) in [5.74, 6) is -0.351. The number of carbonyl (C=O) groups excluding carboxylic acids is 2. The molecule has 0 saturated heterocycles. The molecule has 9 nitrogen and oxygen atoms in total. The summed E-state index contributed by atoms with van der Waals surface area (Å²) < 4.78 is 5.20. The van der Waals surface area contributed by atoms with Gasteiger partial charge in [0.2, 0.25) is 0 Å². The number of aromatic nitrogens is 1. The van der Waals surface area contributed by atoms with E-state index in [1.54, 1.807) is 49.4 Å². The smallest absolute Gasteiger partial charge is 0.411 e. The molecule has 0 saturated carbocycles. The van der Waals surface area contributed by atoms with Gasteiger partial charge in [-0.3, -0.25) is 10.1 Å². The normalized spacial score (nSPS) is 11.1. The first-order valence-corrected chi connectivity index (χ1v) is 11.4. The number of halogens is 1. The van der Waals surface area contributed by atoms with Crippen molar-refractivity contribution in [3.8, 4) is 6.07 Å². The lowest BCUT2D eigenvalue weighted by atomic mass is 10.1. The molecule has 0 unspecified atom stereocenters. The van der Waals surface area contributed by atoms with Gasteiger partial charge in [0.1, 0.15) is 5.71 Å². The predicted octanol–water partition coefficient (Wildman–Crippen LogP) is 5.46. The van der Waals surface area contributed by atoms with Gasteiger partial charge >= 0.3 is 6.09 Å². The molecule has 0 aliphatic heterocycles. The van der Waals surface area contributed by atoms with Crippen LogP contribution in [-0.4, -0.2) is 29.3 Å². The number of rotatable bonds is 7. The fourth-order valence-electron chi connectivity index (χ4n) is 3.19. The Kier molecular flexibility index (Phi) is 8.60. The van der Waals surface area contributed by atoms with Crippen LogP contribution in [0, 0.1) is 24.2 Å². The van der Waals surface area contributed by atoms with Crippen LogP contribution in [0.1, 0.15) is 30.5 Å². The molecule has 1 heterocycles. The number of hydrogen-bond donors (Lipinski definition) is 3. The number of nitrogens with zero attached hydrogens (tertiary/aromatic N) is 3. The number of aryl methyl sites for hydroxylation is 1. The van der Waals surface area contributed by atoms with E-state index in [1.807, 2.05) is 19.9 Å². The van der Waals surface area contributed by atoms with Crippen LogP contribution in [0.2, 0.25) is 5.02 Å². The number of carbonyl (C=O) groups is 2. The number of para-hydroxylation sites is 1. The molecule has 0 bridgehead atoms. The van der Waals surface area contributed by atoms with Gasteiger partial charge in [-0.1, -0.05) is 43.6 Å². The number of pyridine rings is 1. The van der Waals surface area contributed by atoms with Crippen LogP contribution in [-0.2, 0) is 9.53 Å². The molecule has 3 aromatic rings. The molecule has 10 heteroatoms. The molecular weight excluding hydrogens is 480 g/mol. The third-order valence-corrected chi connectivity index (χ3v) is 5.17. The Morgan fingerprint density at radius 3 is 2.61 bits per heavy atom. The number of ether oxygens (including phenoxy) is 1. The summed E-state index contributed by atoms with van der Waals surface area (Å²) in [5.41, 5.74) is 8.11. The van der Waals surface area contributed by atoms with Crippen molar-refractivity contribution >= 4 is 52.2 Å². The molecule has 36 heavy (non-hydrogen) atoms. The van der Waals surface area contributed by atoms with Crippen LogP contribution < -0.4 is 16.4 Å². The summed E-state index contributed by atoms with van der Waals surface area (Å²) in [7, 11) is 0. The van der Waals surface area contributed by atoms with Crippen LogP contribution in [0.5, 0.6) is 0 Å². The molecule has 0 radical (unpaired) electrons. The van der Waals surface area contributed by atoms with Crippen molar-refractivity contribution in [3.05, 3.63) is 76.4 Å². The minimum absolute atomic E-state index is 0.0363. The standard InChI is InChI=1S/C26H25ClN6O3/c1-15(2)14-36-26(35)31-21-12-17(13-28)11-16(3)22(21)33-25(34)23(18-7-4-5-9-20(18)29)32-24-19(27)8-6-10-30-24/h4-12,15H,14,29H2,1-3H3,(H,31,35)(H,33,34). The van der Waals surface area contributed by atoms with E-state index in [2.05, 4.69) is 20.6 Å². The fraction of sp³-hybridized carbons (Fsp3) is 0.192. The topological polar surface area (TPSA) is 142 Å². The summed E-state index contributed by atoms with van der Waals surface area (Å²) in [5, 5.41) is 15.0. The van der Waals surface area contributed by atoms with Crippen molar-refractivity contribution in [2.24, 2.45) is 10.9 Å². The summed E-state index contributed by atoms with van der Waals surface area (Å²) in [6.07, 6.45) is 0.791. The SMILES string of the molecule is Cc1cc(C#N)cc(NC(=O)OCC(C)C)c1NC(=O)C(=Nc1ncccc1Cl)c1ccccc1N. The van der Waals surface area contributed by atoms with Crippen molar-refractivity contribution < 1.29 is 14.3 Å². The molecular formula is C26H25ClN6O3. The number of nitrogens with two attached hydrogens (primary N) is 1. The average molecular weight is 505 g/mol. The van der Waals surface area contributed by atoms with Gasteiger partial charge in [0.15, 0.2) is 5.82 Å². The van der Waals surface area contributed by atoms with Crippen molar-refractivity contribution in [3.63, 3.8) is 0 Å². The lowest BCUT2D eigenvalue weighted by molar-refractivity contribution is -0.110. The van der Waals surface area contributed by atoms with Crippen molar-refractivity contribution in [2.45, 2.75) is 20.8 Å². The number of nitrogen functional groups attached to an aromatic ring is 1. The Bertz CT molecular complexity index is 1360. The molecule has 1 aromatic heterocycles. The Labute approximate surface area is 214 Å². The van der Waals surface area contributed by atoms with E-state index in [0.29, 0.717) is 22.4 Å². The second kappa shape index (κ2) is 11.8. The zero-order valence-electron chi connectivity index (χ0n) is 20.0. The number of amides is 2. The van der Waals surface area contributed by atoms with Crippen molar-refractivity contribution in [1.29, 1.82) is 5.26 Å². The molecule has 0 spiro atoms.